The largest absolute Gasteiger partial charge is 0.452 e. The van der Waals surface area contributed by atoms with E-state index < -0.39 is 34.4 Å². The molecule has 0 radical (unpaired) electrons. The first kappa shape index (κ1) is 20.7. The number of ether oxygens (including phenoxy) is 1. The van der Waals surface area contributed by atoms with Crippen molar-refractivity contribution in [3.05, 3.63) is 65.7 Å². The lowest BCUT2D eigenvalue weighted by molar-refractivity contribution is -0.123. The molecule has 1 aliphatic heterocycles. The summed E-state index contributed by atoms with van der Waals surface area (Å²) in [5.74, 6) is -2.15. The third-order valence-electron chi connectivity index (χ3n) is 4.42. The molecule has 1 heterocycles. The number of benzene rings is 2. The van der Waals surface area contributed by atoms with Crippen LogP contribution in [0.1, 0.15) is 33.6 Å². The summed E-state index contributed by atoms with van der Waals surface area (Å²) in [6.07, 6.45) is 1.66. The second kappa shape index (κ2) is 8.97. The number of nitrogens with one attached hydrogen (secondary N) is 1. The number of carbonyl (C=O) groups excluding carboxylic acids is 3. The molecule has 1 saturated heterocycles. The van der Waals surface area contributed by atoms with Gasteiger partial charge in [-0.2, -0.15) is 4.31 Å². The lowest BCUT2D eigenvalue weighted by Gasteiger charge is -2.15. The van der Waals surface area contributed by atoms with Crippen molar-refractivity contribution >= 4 is 27.8 Å². The SMILES string of the molecule is O=C(COC(=O)c1ccc(S(=O)(=O)N2CCCC2)cc1)NC(=O)c1ccccc1. The van der Waals surface area contributed by atoms with Gasteiger partial charge in [-0.15, -0.1) is 0 Å². The van der Waals surface area contributed by atoms with E-state index in [-0.39, 0.29) is 10.5 Å². The molecule has 0 aromatic heterocycles. The van der Waals surface area contributed by atoms with E-state index in [2.05, 4.69) is 5.32 Å². The Morgan fingerprint density at radius 2 is 1.52 bits per heavy atom. The number of hydrogen-bond acceptors (Lipinski definition) is 6. The summed E-state index contributed by atoms with van der Waals surface area (Å²) in [5, 5.41) is 2.12. The first-order chi connectivity index (χ1) is 13.9. The van der Waals surface area contributed by atoms with Crippen molar-refractivity contribution in [1.82, 2.24) is 9.62 Å². The van der Waals surface area contributed by atoms with E-state index in [1.54, 1.807) is 30.3 Å². The van der Waals surface area contributed by atoms with Crippen LogP contribution in [-0.2, 0) is 19.6 Å². The van der Waals surface area contributed by atoms with Crippen LogP contribution in [0.25, 0.3) is 0 Å². The average Bonchev–Trinajstić information content (AvgIpc) is 3.28. The Morgan fingerprint density at radius 3 is 2.14 bits per heavy atom. The lowest BCUT2D eigenvalue weighted by Crippen LogP contribution is -2.34. The monoisotopic (exact) mass is 416 g/mol. The smallest absolute Gasteiger partial charge is 0.338 e. The third kappa shape index (κ3) is 5.07. The van der Waals surface area contributed by atoms with Gasteiger partial charge < -0.3 is 4.74 Å². The van der Waals surface area contributed by atoms with Crippen LogP contribution < -0.4 is 5.32 Å². The van der Waals surface area contributed by atoms with Crippen molar-refractivity contribution in [3.8, 4) is 0 Å². The molecule has 8 nitrogen and oxygen atoms in total. The van der Waals surface area contributed by atoms with Crippen LogP contribution in [0.3, 0.4) is 0 Å². The van der Waals surface area contributed by atoms with Gasteiger partial charge in [0.05, 0.1) is 10.5 Å². The van der Waals surface area contributed by atoms with E-state index >= 15 is 0 Å². The van der Waals surface area contributed by atoms with Gasteiger partial charge in [0.25, 0.3) is 11.8 Å². The molecule has 0 atom stereocenters. The quantitative estimate of drug-likeness (QED) is 0.716. The molecule has 0 bridgehead atoms. The van der Waals surface area contributed by atoms with Gasteiger partial charge >= 0.3 is 5.97 Å². The zero-order valence-electron chi connectivity index (χ0n) is 15.5. The number of nitrogens with zero attached hydrogens (tertiary/aromatic N) is 1. The topological polar surface area (TPSA) is 110 Å². The lowest BCUT2D eigenvalue weighted by atomic mass is 10.2. The molecular formula is C20H20N2O6S. The molecule has 0 unspecified atom stereocenters. The Morgan fingerprint density at radius 1 is 0.897 bits per heavy atom. The average molecular weight is 416 g/mol. The summed E-state index contributed by atoms with van der Waals surface area (Å²) in [7, 11) is -3.57. The number of esters is 1. The summed E-state index contributed by atoms with van der Waals surface area (Å²) < 4.78 is 31.3. The highest BCUT2D eigenvalue weighted by Gasteiger charge is 2.27. The van der Waals surface area contributed by atoms with Crippen LogP contribution in [0.4, 0.5) is 0 Å². The van der Waals surface area contributed by atoms with E-state index in [0.29, 0.717) is 18.7 Å². The zero-order valence-corrected chi connectivity index (χ0v) is 16.4. The molecule has 3 rings (SSSR count). The first-order valence-electron chi connectivity index (χ1n) is 9.04. The van der Waals surface area contributed by atoms with Crippen LogP contribution in [0.15, 0.2) is 59.5 Å². The minimum atomic E-state index is -3.57. The molecule has 1 fully saturated rings. The fraction of sp³-hybridized carbons (Fsp3) is 0.250. The van der Waals surface area contributed by atoms with E-state index in [1.165, 1.54) is 28.6 Å². The minimum Gasteiger partial charge on any atom is -0.452 e. The van der Waals surface area contributed by atoms with Crippen molar-refractivity contribution in [3.63, 3.8) is 0 Å². The number of amides is 2. The molecular weight excluding hydrogens is 396 g/mol. The summed E-state index contributed by atoms with van der Waals surface area (Å²) in [6, 6.07) is 13.5. The third-order valence-corrected chi connectivity index (χ3v) is 6.33. The molecule has 29 heavy (non-hydrogen) atoms. The molecule has 152 valence electrons. The summed E-state index contributed by atoms with van der Waals surface area (Å²) in [6.45, 7) is 0.344. The molecule has 0 saturated carbocycles. The Bertz CT molecular complexity index is 997. The zero-order chi connectivity index (χ0) is 20.9. The molecule has 9 heteroatoms. The van der Waals surface area contributed by atoms with Crippen LogP contribution in [0.2, 0.25) is 0 Å². The van der Waals surface area contributed by atoms with Crippen molar-refractivity contribution < 1.29 is 27.5 Å². The molecule has 2 aromatic rings. The molecule has 0 aliphatic carbocycles. The molecule has 2 amide bonds. The maximum Gasteiger partial charge on any atom is 0.338 e. The predicted octanol–water partition coefficient (Wildman–Crippen LogP) is 1.58. The summed E-state index contributed by atoms with van der Waals surface area (Å²) in [4.78, 5) is 35.9. The maximum atomic E-state index is 12.5. The van der Waals surface area contributed by atoms with Gasteiger partial charge in [0.2, 0.25) is 10.0 Å². The minimum absolute atomic E-state index is 0.0992. The first-order valence-corrected chi connectivity index (χ1v) is 10.5. The fourth-order valence-electron chi connectivity index (χ4n) is 2.88. The van der Waals surface area contributed by atoms with Crippen LogP contribution in [-0.4, -0.2) is 50.2 Å². The van der Waals surface area contributed by atoms with Gasteiger partial charge in [0.1, 0.15) is 0 Å². The summed E-state index contributed by atoms with van der Waals surface area (Å²) in [5.41, 5.74) is 0.412. The van der Waals surface area contributed by atoms with Gasteiger partial charge in [-0.05, 0) is 49.2 Å². The van der Waals surface area contributed by atoms with Gasteiger partial charge in [0.15, 0.2) is 6.61 Å². The van der Waals surface area contributed by atoms with Crippen LogP contribution >= 0.6 is 0 Å². The van der Waals surface area contributed by atoms with Crippen molar-refractivity contribution in [2.45, 2.75) is 17.7 Å². The Balaban J connectivity index is 1.54. The van der Waals surface area contributed by atoms with Gasteiger partial charge in [-0.1, -0.05) is 18.2 Å². The van der Waals surface area contributed by atoms with Crippen LogP contribution in [0.5, 0.6) is 0 Å². The van der Waals surface area contributed by atoms with Gasteiger partial charge in [0, 0.05) is 18.7 Å². The Hall–Kier alpha value is -3.04. The highest BCUT2D eigenvalue weighted by atomic mass is 32.2. The van der Waals surface area contributed by atoms with Gasteiger partial charge in [-0.25, -0.2) is 13.2 Å². The number of rotatable bonds is 6. The van der Waals surface area contributed by atoms with Gasteiger partial charge in [-0.3, -0.25) is 14.9 Å². The number of sulfonamides is 1. The Kier molecular flexibility index (Phi) is 6.40. The molecule has 2 aromatic carbocycles. The van der Waals surface area contributed by atoms with E-state index in [1.807, 2.05) is 0 Å². The van der Waals surface area contributed by atoms with E-state index in [0.717, 1.165) is 12.8 Å². The molecule has 1 N–H and O–H groups in total. The van der Waals surface area contributed by atoms with Crippen molar-refractivity contribution in [1.29, 1.82) is 0 Å². The molecule has 1 aliphatic rings. The normalized spacial score (nSPS) is 14.3. The second-order valence-electron chi connectivity index (χ2n) is 6.46. The fourth-order valence-corrected chi connectivity index (χ4v) is 4.40. The van der Waals surface area contributed by atoms with Crippen molar-refractivity contribution in [2.24, 2.45) is 0 Å². The molecule has 0 spiro atoms. The van der Waals surface area contributed by atoms with Crippen LogP contribution in [0, 0.1) is 0 Å². The highest BCUT2D eigenvalue weighted by molar-refractivity contribution is 7.89. The van der Waals surface area contributed by atoms with E-state index in [4.69, 9.17) is 4.74 Å². The number of hydrogen-bond donors (Lipinski definition) is 1. The standard InChI is InChI=1S/C20H20N2O6S/c23-18(21-19(24)15-6-2-1-3-7-15)14-28-20(25)16-8-10-17(11-9-16)29(26,27)22-12-4-5-13-22/h1-3,6-11H,4-5,12-14H2,(H,21,23,24). The van der Waals surface area contributed by atoms with Crippen molar-refractivity contribution in [2.75, 3.05) is 19.7 Å². The predicted molar refractivity (Wildman–Crippen MR) is 104 cm³/mol. The maximum absolute atomic E-state index is 12.5. The van der Waals surface area contributed by atoms with E-state index in [9.17, 15) is 22.8 Å². The second-order valence-corrected chi connectivity index (χ2v) is 8.39. The number of carbonyl (C=O) groups is 3. The number of imide groups is 1. The highest BCUT2D eigenvalue weighted by Crippen LogP contribution is 2.21. The summed E-state index contributed by atoms with van der Waals surface area (Å²) >= 11 is 0. The Labute approximate surface area is 168 Å².